The number of aromatic nitrogens is 3. The number of esters is 1. The number of hydrogen-bond acceptors (Lipinski definition) is 7. The number of hydrogen-bond donors (Lipinski definition) is 0. The smallest absolute Gasteiger partial charge is 0.422 e. The van der Waals surface area contributed by atoms with Crippen LogP contribution in [0, 0.1) is 11.3 Å². The molecule has 0 radical (unpaired) electrons. The predicted molar refractivity (Wildman–Crippen MR) is 87.0 cm³/mol. The normalized spacial score (nSPS) is 12.0. The molecule has 1 unspecified atom stereocenters. The summed E-state index contributed by atoms with van der Waals surface area (Å²) in [5.41, 5.74) is 0.587. The van der Waals surface area contributed by atoms with E-state index in [4.69, 9.17) is 5.26 Å². The molecule has 28 heavy (non-hydrogen) atoms. The highest BCUT2D eigenvalue weighted by Gasteiger charge is 2.34. The number of nitrogens with zero attached hydrogens (tertiary/aromatic N) is 5. The lowest BCUT2D eigenvalue weighted by molar-refractivity contribution is -0.190. The summed E-state index contributed by atoms with van der Waals surface area (Å²) < 4.78 is 40.8. The minimum atomic E-state index is -4.76. The van der Waals surface area contributed by atoms with Crippen LogP contribution in [-0.2, 0) is 20.9 Å². The molecule has 2 rings (SSSR count). The molecular weight excluding hydrogens is 379 g/mol. The molecule has 0 saturated heterocycles. The van der Waals surface area contributed by atoms with Gasteiger partial charge in [0.2, 0.25) is 0 Å². The van der Waals surface area contributed by atoms with Crippen molar-refractivity contribution in [2.45, 2.75) is 25.7 Å². The molecule has 1 atom stereocenters. The summed E-state index contributed by atoms with van der Waals surface area (Å²) in [5.74, 6) is -2.78. The number of rotatable bonds is 5. The van der Waals surface area contributed by atoms with Crippen molar-refractivity contribution in [2.75, 3.05) is 6.61 Å². The maximum absolute atomic E-state index is 12.5. The van der Waals surface area contributed by atoms with Gasteiger partial charge in [-0.25, -0.2) is 14.8 Å². The Labute approximate surface area is 157 Å². The molecule has 0 aromatic carbocycles. The topological polar surface area (TPSA) is 109 Å². The van der Waals surface area contributed by atoms with Crippen LogP contribution in [0.1, 0.15) is 30.0 Å². The number of carbonyl (C=O) groups excluding carboxylic acids is 2. The van der Waals surface area contributed by atoms with Gasteiger partial charge in [-0.15, -0.1) is 0 Å². The largest absolute Gasteiger partial charge is 0.449 e. The standard InChI is InChI=1S/C17H14F3N5O3/c1-11(14-22-5-2-6-23-14)25(9-13-4-3-12(7-21)8-24-13)15(26)16(27)28-10-17(18,19)20/h2-6,8,11H,9-10H2,1H3. The molecule has 0 saturated carbocycles. The Morgan fingerprint density at radius 3 is 2.46 bits per heavy atom. The summed E-state index contributed by atoms with van der Waals surface area (Å²) >= 11 is 0. The number of ether oxygens (including phenoxy) is 1. The van der Waals surface area contributed by atoms with Crippen molar-refractivity contribution in [3.63, 3.8) is 0 Å². The van der Waals surface area contributed by atoms with E-state index < -0.39 is 30.7 Å². The van der Waals surface area contributed by atoms with Gasteiger partial charge < -0.3 is 9.64 Å². The maximum Gasteiger partial charge on any atom is 0.422 e. The van der Waals surface area contributed by atoms with Crippen molar-refractivity contribution in [3.05, 3.63) is 53.9 Å². The van der Waals surface area contributed by atoms with Crippen LogP contribution in [-0.4, -0.2) is 44.5 Å². The maximum atomic E-state index is 12.5. The van der Waals surface area contributed by atoms with Crippen LogP contribution in [0.5, 0.6) is 0 Å². The van der Waals surface area contributed by atoms with Crippen molar-refractivity contribution in [1.29, 1.82) is 5.26 Å². The lowest BCUT2D eigenvalue weighted by Crippen LogP contribution is -2.40. The molecule has 2 heterocycles. The number of alkyl halides is 3. The summed E-state index contributed by atoms with van der Waals surface area (Å²) in [7, 11) is 0. The van der Waals surface area contributed by atoms with Crippen LogP contribution in [0.15, 0.2) is 36.8 Å². The Bertz CT molecular complexity index is 866. The molecule has 0 fully saturated rings. The first-order valence-electron chi connectivity index (χ1n) is 7.87. The van der Waals surface area contributed by atoms with Crippen molar-refractivity contribution in [2.24, 2.45) is 0 Å². The zero-order valence-electron chi connectivity index (χ0n) is 14.6. The van der Waals surface area contributed by atoms with E-state index in [1.54, 1.807) is 6.07 Å². The zero-order chi connectivity index (χ0) is 20.7. The summed E-state index contributed by atoms with van der Waals surface area (Å²) in [6, 6.07) is 5.48. The molecule has 0 N–H and O–H groups in total. The van der Waals surface area contributed by atoms with Crippen molar-refractivity contribution < 1.29 is 27.5 Å². The molecule has 8 nitrogen and oxygen atoms in total. The molecule has 2 aromatic rings. The minimum Gasteiger partial charge on any atom is -0.449 e. The second kappa shape index (κ2) is 8.90. The van der Waals surface area contributed by atoms with Gasteiger partial charge >= 0.3 is 18.1 Å². The molecular formula is C17H14F3N5O3. The average Bonchev–Trinajstić information content (AvgIpc) is 2.69. The van der Waals surface area contributed by atoms with Crippen LogP contribution >= 0.6 is 0 Å². The first-order chi connectivity index (χ1) is 13.2. The van der Waals surface area contributed by atoms with Gasteiger partial charge in [-0.2, -0.15) is 18.4 Å². The fourth-order valence-corrected chi connectivity index (χ4v) is 2.14. The first kappa shape index (κ1) is 20.8. The number of pyridine rings is 1. The third-order valence-corrected chi connectivity index (χ3v) is 3.52. The van der Waals surface area contributed by atoms with Gasteiger partial charge in [0, 0.05) is 18.6 Å². The van der Waals surface area contributed by atoms with E-state index in [1.165, 1.54) is 37.6 Å². The Morgan fingerprint density at radius 2 is 1.93 bits per heavy atom. The SMILES string of the molecule is CC(c1ncccn1)N(Cc1ccc(C#N)cn1)C(=O)C(=O)OCC(F)(F)F. The van der Waals surface area contributed by atoms with Crippen molar-refractivity contribution in [1.82, 2.24) is 19.9 Å². The highest BCUT2D eigenvalue weighted by atomic mass is 19.4. The Balaban J connectivity index is 2.25. The fourth-order valence-electron chi connectivity index (χ4n) is 2.14. The van der Waals surface area contributed by atoms with Gasteiger partial charge in [-0.05, 0) is 25.1 Å². The second-order valence-electron chi connectivity index (χ2n) is 5.56. The summed E-state index contributed by atoms with van der Waals surface area (Å²) in [6.07, 6.45) is -0.653. The summed E-state index contributed by atoms with van der Waals surface area (Å²) in [6.45, 7) is -0.601. The number of nitriles is 1. The van der Waals surface area contributed by atoms with E-state index in [1.807, 2.05) is 6.07 Å². The lowest BCUT2D eigenvalue weighted by atomic mass is 10.2. The van der Waals surface area contributed by atoms with Gasteiger partial charge in [0.15, 0.2) is 6.61 Å². The average molecular weight is 393 g/mol. The van der Waals surface area contributed by atoms with E-state index in [2.05, 4.69) is 19.7 Å². The van der Waals surface area contributed by atoms with E-state index in [0.717, 1.165) is 4.90 Å². The quantitative estimate of drug-likeness (QED) is 0.564. The third-order valence-electron chi connectivity index (χ3n) is 3.52. The van der Waals surface area contributed by atoms with Gasteiger partial charge in [0.05, 0.1) is 23.8 Å². The number of halogens is 3. The first-order valence-corrected chi connectivity index (χ1v) is 7.87. The van der Waals surface area contributed by atoms with Crippen LogP contribution in [0.25, 0.3) is 0 Å². The molecule has 146 valence electrons. The van der Waals surface area contributed by atoms with Crippen molar-refractivity contribution in [3.8, 4) is 6.07 Å². The van der Waals surface area contributed by atoms with Gasteiger partial charge in [-0.1, -0.05) is 0 Å². The van der Waals surface area contributed by atoms with Crippen LogP contribution in [0.2, 0.25) is 0 Å². The van der Waals surface area contributed by atoms with Crippen LogP contribution < -0.4 is 0 Å². The second-order valence-corrected chi connectivity index (χ2v) is 5.56. The summed E-state index contributed by atoms with van der Waals surface area (Å²) in [4.78, 5) is 37.2. The molecule has 0 aliphatic carbocycles. The van der Waals surface area contributed by atoms with Crippen LogP contribution in [0.3, 0.4) is 0 Å². The Hall–Kier alpha value is -3.55. The number of carbonyl (C=O) groups is 2. The predicted octanol–water partition coefficient (Wildman–Crippen LogP) is 1.94. The molecule has 1 amide bonds. The molecule has 2 aromatic heterocycles. The fraction of sp³-hybridized carbons (Fsp3) is 0.294. The molecule has 11 heteroatoms. The minimum absolute atomic E-state index is 0.174. The van der Waals surface area contributed by atoms with Gasteiger partial charge in [0.1, 0.15) is 11.9 Å². The molecule has 0 spiro atoms. The van der Waals surface area contributed by atoms with E-state index in [0.29, 0.717) is 5.69 Å². The van der Waals surface area contributed by atoms with Crippen LogP contribution in [0.4, 0.5) is 13.2 Å². The Morgan fingerprint density at radius 1 is 1.25 bits per heavy atom. The van der Waals surface area contributed by atoms with Gasteiger partial charge in [-0.3, -0.25) is 9.78 Å². The highest BCUT2D eigenvalue weighted by molar-refractivity contribution is 6.32. The molecule has 0 bridgehead atoms. The molecule has 0 aliphatic rings. The lowest BCUT2D eigenvalue weighted by Gasteiger charge is -2.27. The van der Waals surface area contributed by atoms with Crippen molar-refractivity contribution >= 4 is 11.9 Å². The van der Waals surface area contributed by atoms with E-state index in [9.17, 15) is 22.8 Å². The zero-order valence-corrected chi connectivity index (χ0v) is 14.6. The summed E-state index contributed by atoms with van der Waals surface area (Å²) in [5, 5.41) is 8.81. The highest BCUT2D eigenvalue weighted by Crippen LogP contribution is 2.20. The molecule has 0 aliphatic heterocycles. The number of amides is 1. The van der Waals surface area contributed by atoms with E-state index in [-0.39, 0.29) is 17.9 Å². The monoisotopic (exact) mass is 393 g/mol. The van der Waals surface area contributed by atoms with Gasteiger partial charge in [0.25, 0.3) is 0 Å². The Kier molecular flexibility index (Phi) is 6.59. The van der Waals surface area contributed by atoms with E-state index >= 15 is 0 Å². The third kappa shape index (κ3) is 5.73.